The van der Waals surface area contributed by atoms with E-state index in [0.717, 1.165) is 11.3 Å². The van der Waals surface area contributed by atoms with E-state index in [1.54, 1.807) is 41.3 Å². The molecule has 6 nitrogen and oxygen atoms in total. The zero-order chi connectivity index (χ0) is 21.1. The molecular weight excluding hydrogens is 380 g/mol. The van der Waals surface area contributed by atoms with Crippen LogP contribution in [0.3, 0.4) is 0 Å². The van der Waals surface area contributed by atoms with Gasteiger partial charge in [0.15, 0.2) is 12.4 Å². The number of amides is 2. The number of nitrogens with zero attached hydrogens (tertiary/aromatic N) is 1. The Bertz CT molecular complexity index is 1100. The van der Waals surface area contributed by atoms with E-state index < -0.39 is 0 Å². The molecule has 30 heavy (non-hydrogen) atoms. The van der Waals surface area contributed by atoms with Crippen molar-refractivity contribution in [1.82, 2.24) is 0 Å². The van der Waals surface area contributed by atoms with Crippen LogP contribution >= 0.6 is 0 Å². The van der Waals surface area contributed by atoms with Gasteiger partial charge in [0.1, 0.15) is 5.75 Å². The smallest absolute Gasteiger partial charge is 0.265 e. The van der Waals surface area contributed by atoms with Crippen LogP contribution in [0.1, 0.15) is 33.2 Å². The summed E-state index contributed by atoms with van der Waals surface area (Å²) in [6.45, 7) is 1.91. The van der Waals surface area contributed by atoms with Crippen molar-refractivity contribution in [1.29, 1.82) is 0 Å². The first-order chi connectivity index (χ1) is 14.5. The Morgan fingerprint density at radius 2 is 1.60 bits per heavy atom. The molecule has 1 aliphatic heterocycles. The molecule has 6 heteroatoms. The minimum atomic E-state index is -0.245. The molecule has 0 bridgehead atoms. The molecule has 0 radical (unpaired) electrons. The summed E-state index contributed by atoms with van der Waals surface area (Å²) in [6.07, 6.45) is 0. The van der Waals surface area contributed by atoms with Gasteiger partial charge >= 0.3 is 0 Å². The van der Waals surface area contributed by atoms with Gasteiger partial charge in [-0.05, 0) is 61.0 Å². The van der Waals surface area contributed by atoms with Gasteiger partial charge < -0.3 is 15.0 Å². The molecule has 1 aliphatic rings. The molecule has 0 saturated heterocycles. The predicted molar refractivity (Wildman–Crippen MR) is 114 cm³/mol. The number of carbonyl (C=O) groups is 3. The van der Waals surface area contributed by atoms with Crippen molar-refractivity contribution >= 4 is 29.0 Å². The molecular formula is C24H20N2O4. The fourth-order valence-electron chi connectivity index (χ4n) is 3.26. The Balaban J connectivity index is 1.44. The highest BCUT2D eigenvalue weighted by Gasteiger charge is 2.25. The lowest BCUT2D eigenvalue weighted by atomic mass is 10.1. The number of para-hydroxylation sites is 2. The van der Waals surface area contributed by atoms with Gasteiger partial charge in [0.25, 0.3) is 11.8 Å². The van der Waals surface area contributed by atoms with Crippen molar-refractivity contribution in [2.45, 2.75) is 13.5 Å². The second-order valence-electron chi connectivity index (χ2n) is 7.02. The van der Waals surface area contributed by atoms with E-state index in [4.69, 9.17) is 4.74 Å². The van der Waals surface area contributed by atoms with Crippen molar-refractivity contribution < 1.29 is 19.1 Å². The quantitative estimate of drug-likeness (QED) is 0.655. The largest absolute Gasteiger partial charge is 0.482 e. The molecule has 0 atom stereocenters. The number of rotatable bonds is 5. The standard InChI is InChI=1S/C24H20N2O4/c1-16(27)18-10-12-20(13-11-18)25-24(29)19-8-6-17(7-9-19)14-26-21-4-2-3-5-22(21)30-15-23(26)28/h2-13H,14-15H2,1H3,(H,25,29). The molecule has 2 amide bonds. The van der Waals surface area contributed by atoms with Gasteiger partial charge in [-0.15, -0.1) is 0 Å². The van der Waals surface area contributed by atoms with Crippen LogP contribution in [0.4, 0.5) is 11.4 Å². The zero-order valence-electron chi connectivity index (χ0n) is 16.4. The van der Waals surface area contributed by atoms with E-state index in [0.29, 0.717) is 29.1 Å². The zero-order valence-corrected chi connectivity index (χ0v) is 16.4. The summed E-state index contributed by atoms with van der Waals surface area (Å²) in [5, 5.41) is 2.81. The van der Waals surface area contributed by atoms with Crippen molar-refractivity contribution in [2.24, 2.45) is 0 Å². The Hall–Kier alpha value is -3.93. The normalized spacial score (nSPS) is 12.7. The Labute approximate surface area is 174 Å². The van der Waals surface area contributed by atoms with Crippen LogP contribution in [0.15, 0.2) is 72.8 Å². The number of hydrogen-bond acceptors (Lipinski definition) is 4. The van der Waals surface area contributed by atoms with Crippen LogP contribution in [-0.4, -0.2) is 24.2 Å². The number of anilines is 2. The van der Waals surface area contributed by atoms with E-state index >= 15 is 0 Å². The molecule has 0 aliphatic carbocycles. The number of fused-ring (bicyclic) bond motifs is 1. The molecule has 150 valence electrons. The number of ketones is 1. The Morgan fingerprint density at radius 1 is 0.933 bits per heavy atom. The number of carbonyl (C=O) groups excluding carboxylic acids is 3. The van der Waals surface area contributed by atoms with Gasteiger partial charge in [-0.3, -0.25) is 14.4 Å². The predicted octanol–water partition coefficient (Wildman–Crippen LogP) is 4.07. The maximum absolute atomic E-state index is 12.5. The topological polar surface area (TPSA) is 75.7 Å². The average Bonchev–Trinajstić information content (AvgIpc) is 2.76. The summed E-state index contributed by atoms with van der Waals surface area (Å²) in [5.74, 6) is 0.308. The monoisotopic (exact) mass is 400 g/mol. The van der Waals surface area contributed by atoms with Crippen molar-refractivity contribution in [3.63, 3.8) is 0 Å². The second-order valence-corrected chi connectivity index (χ2v) is 7.02. The summed E-state index contributed by atoms with van der Waals surface area (Å²) in [4.78, 5) is 37.8. The summed E-state index contributed by atoms with van der Waals surface area (Å²) in [6, 6.07) is 21.3. The number of Topliss-reactive ketones (excluding diaryl/α,β-unsaturated/α-hetero) is 1. The fourth-order valence-corrected chi connectivity index (χ4v) is 3.26. The third-order valence-corrected chi connectivity index (χ3v) is 4.91. The third kappa shape index (κ3) is 4.07. The van der Waals surface area contributed by atoms with E-state index in [2.05, 4.69) is 5.32 Å². The van der Waals surface area contributed by atoms with E-state index in [-0.39, 0.29) is 24.2 Å². The van der Waals surface area contributed by atoms with Crippen LogP contribution < -0.4 is 15.0 Å². The second kappa shape index (κ2) is 8.21. The molecule has 1 N–H and O–H groups in total. The molecule has 4 rings (SSSR count). The minimum Gasteiger partial charge on any atom is -0.482 e. The lowest BCUT2D eigenvalue weighted by molar-refractivity contribution is -0.121. The number of nitrogens with one attached hydrogen (secondary N) is 1. The van der Waals surface area contributed by atoms with Crippen LogP contribution in [-0.2, 0) is 11.3 Å². The van der Waals surface area contributed by atoms with Crippen molar-refractivity contribution in [2.75, 3.05) is 16.8 Å². The van der Waals surface area contributed by atoms with Crippen molar-refractivity contribution in [3.8, 4) is 5.75 Å². The summed E-state index contributed by atoms with van der Waals surface area (Å²) < 4.78 is 5.47. The third-order valence-electron chi connectivity index (χ3n) is 4.91. The van der Waals surface area contributed by atoms with Gasteiger partial charge in [-0.1, -0.05) is 24.3 Å². The first kappa shape index (κ1) is 19.4. The number of ether oxygens (including phenoxy) is 1. The van der Waals surface area contributed by atoms with Gasteiger partial charge in [0.2, 0.25) is 0 Å². The van der Waals surface area contributed by atoms with Gasteiger partial charge in [-0.25, -0.2) is 0 Å². The minimum absolute atomic E-state index is 0.0138. The molecule has 0 unspecified atom stereocenters. The maximum atomic E-state index is 12.5. The molecule has 3 aromatic carbocycles. The first-order valence-corrected chi connectivity index (χ1v) is 9.55. The van der Waals surface area contributed by atoms with Crippen LogP contribution in [0.25, 0.3) is 0 Å². The summed E-state index contributed by atoms with van der Waals surface area (Å²) in [7, 11) is 0. The molecule has 3 aromatic rings. The van der Waals surface area contributed by atoms with Crippen LogP contribution in [0, 0.1) is 0 Å². The van der Waals surface area contributed by atoms with Gasteiger partial charge in [-0.2, -0.15) is 0 Å². The molecule has 0 fully saturated rings. The van der Waals surface area contributed by atoms with Crippen LogP contribution in [0.2, 0.25) is 0 Å². The van der Waals surface area contributed by atoms with Crippen LogP contribution in [0.5, 0.6) is 5.75 Å². The first-order valence-electron chi connectivity index (χ1n) is 9.55. The number of benzene rings is 3. The van der Waals surface area contributed by atoms with E-state index in [9.17, 15) is 14.4 Å². The molecule has 0 aromatic heterocycles. The lowest BCUT2D eigenvalue weighted by Gasteiger charge is -2.29. The Kier molecular flexibility index (Phi) is 5.30. The summed E-state index contributed by atoms with van der Waals surface area (Å²) >= 11 is 0. The van der Waals surface area contributed by atoms with E-state index in [1.807, 2.05) is 36.4 Å². The SMILES string of the molecule is CC(=O)c1ccc(NC(=O)c2ccc(CN3C(=O)COc4ccccc43)cc2)cc1. The highest BCUT2D eigenvalue weighted by atomic mass is 16.5. The fraction of sp³-hybridized carbons (Fsp3) is 0.125. The maximum Gasteiger partial charge on any atom is 0.265 e. The molecule has 0 spiro atoms. The van der Waals surface area contributed by atoms with Gasteiger partial charge in [0.05, 0.1) is 12.2 Å². The highest BCUT2D eigenvalue weighted by molar-refractivity contribution is 6.04. The van der Waals surface area contributed by atoms with Gasteiger partial charge in [0, 0.05) is 16.8 Å². The molecule has 0 saturated carbocycles. The molecule has 1 heterocycles. The Morgan fingerprint density at radius 3 is 2.30 bits per heavy atom. The average molecular weight is 400 g/mol. The van der Waals surface area contributed by atoms with E-state index in [1.165, 1.54) is 6.92 Å². The summed E-state index contributed by atoms with van der Waals surface area (Å²) in [5.41, 5.74) is 3.36. The lowest BCUT2D eigenvalue weighted by Crippen LogP contribution is -2.38. The number of hydrogen-bond donors (Lipinski definition) is 1. The highest BCUT2D eigenvalue weighted by Crippen LogP contribution is 2.32. The van der Waals surface area contributed by atoms with Crippen molar-refractivity contribution in [3.05, 3.63) is 89.5 Å².